The molecule has 2 aromatic heterocycles. The Morgan fingerprint density at radius 2 is 1.65 bits per heavy atom. The number of aromatic nitrogens is 2. The molecular formula is C30H29F8N3O9S. The van der Waals surface area contributed by atoms with Gasteiger partial charge in [-0.25, -0.2) is 9.97 Å². The molecule has 2 unspecified atom stereocenters. The maximum Gasteiger partial charge on any atom is 0.433 e. The summed E-state index contributed by atoms with van der Waals surface area (Å²) in [6, 6.07) is 6.25. The van der Waals surface area contributed by atoms with Crippen LogP contribution in [0, 0.1) is 0 Å². The molecule has 1 aliphatic heterocycles. The molecule has 1 amide bonds. The number of nitrogens with one attached hydrogen (secondary N) is 1. The van der Waals surface area contributed by atoms with Crippen molar-refractivity contribution in [1.82, 2.24) is 15.3 Å². The van der Waals surface area contributed by atoms with Gasteiger partial charge in [0.05, 0.1) is 6.10 Å². The van der Waals surface area contributed by atoms with E-state index < -0.39 is 72.1 Å². The fraction of sp³-hybridized carbons (Fsp3) is 0.500. The van der Waals surface area contributed by atoms with Gasteiger partial charge in [0.1, 0.15) is 23.3 Å². The van der Waals surface area contributed by atoms with Crippen LogP contribution in [0.25, 0.3) is 0 Å². The van der Waals surface area contributed by atoms with Crippen LogP contribution in [0.15, 0.2) is 42.7 Å². The summed E-state index contributed by atoms with van der Waals surface area (Å²) in [5.41, 5.74) is -4.82. The third-order valence-corrected chi connectivity index (χ3v) is 9.17. The number of halogens is 8. The molecule has 0 spiro atoms. The molecule has 1 saturated carbocycles. The summed E-state index contributed by atoms with van der Waals surface area (Å²) in [6.07, 6.45) is -18.6. The molecule has 2 aliphatic rings. The lowest BCUT2D eigenvalue weighted by atomic mass is 9.91. The number of carbonyl (C=O) groups is 1. The van der Waals surface area contributed by atoms with Crippen LogP contribution >= 0.6 is 11.3 Å². The topological polar surface area (TPSA) is 173 Å². The molecule has 51 heavy (non-hydrogen) atoms. The minimum atomic E-state index is -6.20. The van der Waals surface area contributed by atoms with Crippen LogP contribution in [0.5, 0.6) is 17.4 Å². The average molecular weight is 760 g/mol. The molecule has 1 aromatic carbocycles. The van der Waals surface area contributed by atoms with E-state index in [4.69, 9.17) is 14.2 Å². The minimum absolute atomic E-state index is 0.0653. The van der Waals surface area contributed by atoms with Gasteiger partial charge in [-0.3, -0.25) is 4.79 Å². The smallest absolute Gasteiger partial charge is 0.433 e. The second-order valence-electron chi connectivity index (χ2n) is 11.6. The first-order valence-corrected chi connectivity index (χ1v) is 15.8. The Balaban J connectivity index is 1.47. The number of hydrogen-bond acceptors (Lipinski definition) is 12. The van der Waals surface area contributed by atoms with Crippen molar-refractivity contribution in [1.29, 1.82) is 0 Å². The number of nitrogens with zero attached hydrogens (tertiary/aromatic N) is 2. The van der Waals surface area contributed by atoms with Gasteiger partial charge in [-0.15, -0.1) is 11.3 Å². The Labute approximate surface area is 286 Å². The highest BCUT2D eigenvalue weighted by molar-refractivity contribution is 7.11. The van der Waals surface area contributed by atoms with E-state index >= 15 is 0 Å². The molecule has 0 radical (unpaired) electrons. The van der Waals surface area contributed by atoms with Crippen molar-refractivity contribution in [3.8, 4) is 17.4 Å². The van der Waals surface area contributed by atoms with Crippen LogP contribution in [0.4, 0.5) is 35.1 Å². The van der Waals surface area contributed by atoms with Crippen molar-refractivity contribution in [3.05, 3.63) is 63.7 Å². The van der Waals surface area contributed by atoms with E-state index in [0.29, 0.717) is 18.4 Å². The predicted molar refractivity (Wildman–Crippen MR) is 156 cm³/mol. The number of amides is 1. The van der Waals surface area contributed by atoms with Crippen LogP contribution in [-0.2, 0) is 21.6 Å². The number of carbonyl (C=O) groups excluding carboxylic acids is 1. The van der Waals surface area contributed by atoms with Crippen LogP contribution in [0.1, 0.15) is 39.8 Å². The third-order valence-electron chi connectivity index (χ3n) is 7.95. The van der Waals surface area contributed by atoms with Gasteiger partial charge in [-0.1, -0.05) is 12.1 Å². The zero-order chi connectivity index (χ0) is 37.5. The molecule has 280 valence electrons. The highest BCUT2D eigenvalue weighted by Gasteiger charge is 2.73. The number of likely N-dealkylation sites (N-methyl/N-ethyl adjacent to an activating group) is 1. The molecule has 6 atom stereocenters. The molecule has 3 aromatic rings. The lowest BCUT2D eigenvalue weighted by Crippen LogP contribution is -2.62. The number of hydrogen-bond donors (Lipinski definition) is 5. The Kier molecular flexibility index (Phi) is 11.0. The van der Waals surface area contributed by atoms with Gasteiger partial charge in [0.15, 0.2) is 17.6 Å². The zero-order valence-corrected chi connectivity index (χ0v) is 26.8. The van der Waals surface area contributed by atoms with Gasteiger partial charge in [-0.05, 0) is 42.5 Å². The van der Waals surface area contributed by atoms with E-state index in [2.05, 4.69) is 20.0 Å². The van der Waals surface area contributed by atoms with E-state index in [0.717, 1.165) is 12.3 Å². The van der Waals surface area contributed by atoms with Gasteiger partial charge in [-0.2, -0.15) is 35.1 Å². The first kappa shape index (κ1) is 38.3. The van der Waals surface area contributed by atoms with Gasteiger partial charge in [0.25, 0.3) is 5.91 Å². The number of thiazole rings is 1. The summed E-state index contributed by atoms with van der Waals surface area (Å²) in [6.45, 7) is -3.24. The molecule has 5 N–H and O–H groups in total. The molecule has 0 bridgehead atoms. The molecular weight excluding hydrogens is 730 g/mol. The fourth-order valence-electron chi connectivity index (χ4n) is 5.05. The second kappa shape index (κ2) is 14.6. The normalized spacial score (nSPS) is 23.5. The van der Waals surface area contributed by atoms with Crippen LogP contribution < -0.4 is 19.5 Å². The van der Waals surface area contributed by atoms with Gasteiger partial charge in [0.2, 0.25) is 12.2 Å². The molecule has 12 nitrogen and oxygen atoms in total. The van der Waals surface area contributed by atoms with Crippen LogP contribution in [0.3, 0.4) is 0 Å². The lowest BCUT2D eigenvalue weighted by molar-refractivity contribution is -0.376. The summed E-state index contributed by atoms with van der Waals surface area (Å²) < 4.78 is 129. The number of aliphatic hydroxyl groups excluding tert-OH is 3. The molecule has 5 rings (SSSR count). The first-order chi connectivity index (χ1) is 23.8. The summed E-state index contributed by atoms with van der Waals surface area (Å²) in [5, 5.41) is 41.1. The van der Waals surface area contributed by atoms with Crippen molar-refractivity contribution in [3.63, 3.8) is 0 Å². The highest BCUT2D eigenvalue weighted by Crippen LogP contribution is 2.52. The molecule has 1 saturated heterocycles. The third kappa shape index (κ3) is 8.12. The number of pyridine rings is 1. The molecule has 3 heterocycles. The highest BCUT2D eigenvalue weighted by atomic mass is 32.1. The predicted octanol–water partition coefficient (Wildman–Crippen LogP) is 3.30. The number of aliphatic hydroxyl groups is 4. The van der Waals surface area contributed by atoms with E-state index in [1.807, 2.05) is 0 Å². The Morgan fingerprint density at radius 3 is 2.22 bits per heavy atom. The number of ether oxygens (including phenoxy) is 4. The zero-order valence-electron chi connectivity index (χ0n) is 25.9. The van der Waals surface area contributed by atoms with Gasteiger partial charge < -0.3 is 44.7 Å². The molecule has 2 fully saturated rings. The average Bonchev–Trinajstić information content (AvgIpc) is 3.75. The summed E-state index contributed by atoms with van der Waals surface area (Å²) in [7, 11) is 1.24. The van der Waals surface area contributed by atoms with Crippen molar-refractivity contribution in [2.24, 2.45) is 0 Å². The Hall–Kier alpha value is -3.89. The Morgan fingerprint density at radius 1 is 0.961 bits per heavy atom. The van der Waals surface area contributed by atoms with Crippen molar-refractivity contribution in [2.75, 3.05) is 7.05 Å². The van der Waals surface area contributed by atoms with E-state index in [1.165, 1.54) is 37.5 Å². The standard InChI is InChI=1S/C30H29F8N3O9S/c1-39-24(45)23-21(43)20(42)22(44)25(50-23)49-19-7-2-12(10-40-19)8-15(13-3-6-16(48-27(31)32)17(9-13)47-14-4-5-14)18-11-41-26(51-18)28(46,29(33,34)35)30(36,37)38/h2-3,6-7,9-11,14-15,20-23,25,27,42-44,46H,4-5,8H2,1H3,(H,39,45)/t15-,20?,21-,22+,23?,25+/m0/s1. The quantitative estimate of drug-likeness (QED) is 0.172. The molecule has 1 aliphatic carbocycles. The number of rotatable bonds is 12. The van der Waals surface area contributed by atoms with Gasteiger partial charge >= 0.3 is 24.6 Å². The largest absolute Gasteiger partial charge is 0.487 e. The van der Waals surface area contributed by atoms with E-state index in [1.54, 1.807) is 0 Å². The van der Waals surface area contributed by atoms with Crippen molar-refractivity contribution >= 4 is 17.2 Å². The minimum Gasteiger partial charge on any atom is -0.487 e. The first-order valence-electron chi connectivity index (χ1n) is 14.9. The maximum absolute atomic E-state index is 13.7. The summed E-state index contributed by atoms with van der Waals surface area (Å²) in [4.78, 5) is 19.2. The Bertz CT molecular complexity index is 1660. The second-order valence-corrected chi connectivity index (χ2v) is 12.6. The van der Waals surface area contributed by atoms with Crippen molar-refractivity contribution < 1.29 is 79.3 Å². The SMILES string of the molecule is CNC(=O)C1O[C@@H](Oc2ccc(C[C@@H](c3ccc(OC(F)F)c(OC4CC4)c3)c3cnc(C(O)(C(F)(F)F)C(F)(F)F)s3)cn2)[C@H](O)C(O)[C@@H]1O. The lowest BCUT2D eigenvalue weighted by Gasteiger charge is -2.39. The summed E-state index contributed by atoms with van der Waals surface area (Å²) in [5.74, 6) is -2.69. The number of benzene rings is 1. The van der Waals surface area contributed by atoms with Crippen molar-refractivity contribution in [2.45, 2.75) is 86.6 Å². The maximum atomic E-state index is 13.7. The van der Waals surface area contributed by atoms with Crippen LogP contribution in [-0.4, -0.2) is 99.1 Å². The fourth-order valence-corrected chi connectivity index (χ4v) is 6.23. The monoisotopic (exact) mass is 759 g/mol. The van der Waals surface area contributed by atoms with E-state index in [9.17, 15) is 60.3 Å². The van der Waals surface area contributed by atoms with E-state index in [-0.39, 0.29) is 51.7 Å². The molecule has 21 heteroatoms. The number of alkyl halides is 8. The summed E-state index contributed by atoms with van der Waals surface area (Å²) >= 11 is -0.0653. The van der Waals surface area contributed by atoms with Crippen LogP contribution in [0.2, 0.25) is 0 Å². The van der Waals surface area contributed by atoms with Gasteiger partial charge in [0, 0.05) is 36.3 Å².